The number of aromatic nitrogens is 6. The first-order valence-corrected chi connectivity index (χ1v) is 12.0. The SMILES string of the molecule is Cc1c(-c2cc(C(F)F)nc3sc(C(N)=O)c(NC(=O)c4cc5nc(C(F)F)cc(C(F)F)n5n4)c23)cnn1C. The molecule has 0 atom stereocenters. The lowest BCUT2D eigenvalue weighted by Gasteiger charge is -2.10. The molecule has 0 aliphatic rings. The second kappa shape index (κ2) is 9.89. The van der Waals surface area contributed by atoms with E-state index in [9.17, 15) is 35.9 Å². The van der Waals surface area contributed by atoms with E-state index in [0.717, 1.165) is 12.1 Å². The van der Waals surface area contributed by atoms with Gasteiger partial charge < -0.3 is 11.1 Å². The van der Waals surface area contributed by atoms with Crippen LogP contribution in [0, 0.1) is 6.92 Å². The number of aryl methyl sites for hydroxylation is 1. The molecular formula is C23H16F6N8O2S. The molecule has 0 aliphatic carbocycles. The van der Waals surface area contributed by atoms with E-state index in [1.54, 1.807) is 14.0 Å². The van der Waals surface area contributed by atoms with Crippen molar-refractivity contribution in [2.45, 2.75) is 26.2 Å². The number of fused-ring (bicyclic) bond motifs is 2. The van der Waals surface area contributed by atoms with Crippen molar-refractivity contribution < 1.29 is 35.9 Å². The lowest BCUT2D eigenvalue weighted by Crippen LogP contribution is -2.17. The molecule has 5 rings (SSSR count). The van der Waals surface area contributed by atoms with E-state index in [1.807, 2.05) is 0 Å². The lowest BCUT2D eigenvalue weighted by atomic mass is 10.0. The van der Waals surface area contributed by atoms with Crippen molar-refractivity contribution in [3.8, 4) is 11.1 Å². The predicted octanol–water partition coefficient (Wildman–Crippen LogP) is 5.21. The van der Waals surface area contributed by atoms with Gasteiger partial charge in [0.2, 0.25) is 0 Å². The predicted molar refractivity (Wildman–Crippen MR) is 131 cm³/mol. The third-order valence-corrected chi connectivity index (χ3v) is 7.15. The molecule has 5 aromatic heterocycles. The molecule has 208 valence electrons. The zero-order chi connectivity index (χ0) is 29.0. The van der Waals surface area contributed by atoms with Crippen molar-refractivity contribution in [3.05, 3.63) is 57.7 Å². The van der Waals surface area contributed by atoms with Crippen LogP contribution in [-0.2, 0) is 7.05 Å². The van der Waals surface area contributed by atoms with Gasteiger partial charge in [0.05, 0.1) is 11.9 Å². The third kappa shape index (κ3) is 4.51. The number of thiophene rings is 1. The van der Waals surface area contributed by atoms with Gasteiger partial charge in [-0.25, -0.2) is 40.8 Å². The van der Waals surface area contributed by atoms with Crippen LogP contribution in [0.1, 0.15) is 62.2 Å². The highest BCUT2D eigenvalue weighted by atomic mass is 32.1. The molecule has 17 heteroatoms. The van der Waals surface area contributed by atoms with Gasteiger partial charge in [0.1, 0.15) is 26.8 Å². The molecule has 0 radical (unpaired) electrons. The summed E-state index contributed by atoms with van der Waals surface area (Å²) in [7, 11) is 1.63. The maximum absolute atomic E-state index is 13.7. The van der Waals surface area contributed by atoms with Gasteiger partial charge >= 0.3 is 0 Å². The normalized spacial score (nSPS) is 12.0. The number of amides is 2. The molecule has 40 heavy (non-hydrogen) atoms. The number of halogens is 6. The smallest absolute Gasteiger partial charge is 0.280 e. The van der Waals surface area contributed by atoms with Crippen LogP contribution >= 0.6 is 11.3 Å². The van der Waals surface area contributed by atoms with Crippen molar-refractivity contribution in [3.63, 3.8) is 0 Å². The number of primary amides is 1. The minimum absolute atomic E-state index is 0.0432. The first kappa shape index (κ1) is 27.0. The highest BCUT2D eigenvalue weighted by Crippen LogP contribution is 2.43. The van der Waals surface area contributed by atoms with E-state index in [1.165, 1.54) is 10.9 Å². The molecule has 0 saturated heterocycles. The summed E-state index contributed by atoms with van der Waals surface area (Å²) >= 11 is 0.657. The zero-order valence-electron chi connectivity index (χ0n) is 20.3. The first-order valence-electron chi connectivity index (χ1n) is 11.2. The van der Waals surface area contributed by atoms with Crippen LogP contribution in [0.15, 0.2) is 24.4 Å². The Balaban J connectivity index is 1.69. The quantitative estimate of drug-likeness (QED) is 0.253. The molecule has 0 unspecified atom stereocenters. The van der Waals surface area contributed by atoms with Gasteiger partial charge in [-0.2, -0.15) is 10.2 Å². The number of nitrogens with one attached hydrogen (secondary N) is 1. The Hall–Kier alpha value is -4.54. The Morgan fingerprint density at radius 2 is 1.65 bits per heavy atom. The fraction of sp³-hybridized carbons (Fsp3) is 0.217. The minimum atomic E-state index is -3.22. The van der Waals surface area contributed by atoms with Crippen LogP contribution in [0.4, 0.5) is 32.0 Å². The largest absolute Gasteiger partial charge is 0.365 e. The summed E-state index contributed by atoms with van der Waals surface area (Å²) in [6, 6.07) is 2.48. The maximum Gasteiger partial charge on any atom is 0.280 e. The van der Waals surface area contributed by atoms with Crippen LogP contribution < -0.4 is 11.1 Å². The average molecular weight is 582 g/mol. The fourth-order valence-corrected chi connectivity index (χ4v) is 5.09. The Labute approximate surface area is 223 Å². The van der Waals surface area contributed by atoms with E-state index < -0.39 is 59.5 Å². The molecule has 0 saturated carbocycles. The van der Waals surface area contributed by atoms with Gasteiger partial charge in [-0.15, -0.1) is 11.3 Å². The number of rotatable bonds is 7. The number of carbonyl (C=O) groups excluding carboxylic acids is 2. The molecule has 0 fully saturated rings. The Morgan fingerprint density at radius 1 is 0.975 bits per heavy atom. The number of hydrogen-bond acceptors (Lipinski definition) is 7. The van der Waals surface area contributed by atoms with Gasteiger partial charge in [0.15, 0.2) is 11.3 Å². The fourth-order valence-electron chi connectivity index (χ4n) is 4.07. The van der Waals surface area contributed by atoms with Crippen LogP contribution in [0.3, 0.4) is 0 Å². The van der Waals surface area contributed by atoms with Crippen LogP contribution in [0.25, 0.3) is 27.0 Å². The number of hydrogen-bond donors (Lipinski definition) is 2. The van der Waals surface area contributed by atoms with E-state index in [2.05, 4.69) is 25.5 Å². The number of nitrogens with zero attached hydrogens (tertiary/aromatic N) is 6. The standard InChI is InChI=1S/C23H16F6N8O2S/c1-7-9(6-31-36(7)2)8-3-10(18(24)25)33-23-15(8)16(17(40-23)21(30)38)34-22(39)12-5-14-32-11(19(26)27)4-13(20(28)29)37(14)35-12/h3-6,18-20H,1-2H3,(H2,30,38)(H,34,39). The van der Waals surface area contributed by atoms with Gasteiger partial charge in [-0.05, 0) is 24.6 Å². The molecule has 5 heterocycles. The van der Waals surface area contributed by atoms with Crippen LogP contribution in [0.2, 0.25) is 0 Å². The monoisotopic (exact) mass is 582 g/mol. The third-order valence-electron chi connectivity index (χ3n) is 6.05. The maximum atomic E-state index is 13.7. The second-order valence-electron chi connectivity index (χ2n) is 8.47. The number of pyridine rings is 1. The number of alkyl halides is 6. The molecule has 2 amide bonds. The molecule has 0 aromatic carbocycles. The van der Waals surface area contributed by atoms with Gasteiger partial charge in [-0.3, -0.25) is 14.3 Å². The van der Waals surface area contributed by atoms with Gasteiger partial charge in [0.25, 0.3) is 31.1 Å². The first-order chi connectivity index (χ1) is 18.9. The van der Waals surface area contributed by atoms with Gasteiger partial charge in [-0.1, -0.05) is 0 Å². The zero-order valence-corrected chi connectivity index (χ0v) is 21.1. The Morgan fingerprint density at radius 3 is 2.23 bits per heavy atom. The summed E-state index contributed by atoms with van der Waals surface area (Å²) < 4.78 is 82.9. The van der Waals surface area contributed by atoms with Crippen LogP contribution in [0.5, 0.6) is 0 Å². The summed E-state index contributed by atoms with van der Waals surface area (Å²) in [6.45, 7) is 1.67. The van der Waals surface area contributed by atoms with E-state index >= 15 is 0 Å². The molecule has 10 nitrogen and oxygen atoms in total. The van der Waals surface area contributed by atoms with Crippen molar-refractivity contribution >= 4 is 44.7 Å². The van der Waals surface area contributed by atoms with Gasteiger partial charge in [0, 0.05) is 29.8 Å². The second-order valence-corrected chi connectivity index (χ2v) is 9.47. The minimum Gasteiger partial charge on any atom is -0.365 e. The topological polar surface area (TPSA) is 133 Å². The Kier molecular flexibility index (Phi) is 6.69. The highest BCUT2D eigenvalue weighted by molar-refractivity contribution is 7.21. The Bertz CT molecular complexity index is 1810. The lowest BCUT2D eigenvalue weighted by molar-refractivity contribution is 0.100. The molecule has 0 aliphatic heterocycles. The van der Waals surface area contributed by atoms with E-state index in [-0.39, 0.29) is 26.3 Å². The molecule has 5 aromatic rings. The summed E-state index contributed by atoms with van der Waals surface area (Å²) in [5, 5.41) is 10.4. The van der Waals surface area contributed by atoms with Crippen molar-refractivity contribution in [2.75, 3.05) is 5.32 Å². The summed E-state index contributed by atoms with van der Waals surface area (Å²) in [5.74, 6) is -2.05. The molecule has 0 bridgehead atoms. The molecule has 0 spiro atoms. The number of nitrogens with two attached hydrogens (primary N) is 1. The highest BCUT2D eigenvalue weighted by Gasteiger charge is 2.28. The van der Waals surface area contributed by atoms with E-state index in [4.69, 9.17) is 5.73 Å². The summed E-state index contributed by atoms with van der Waals surface area (Å²) in [6.07, 6.45) is -7.94. The van der Waals surface area contributed by atoms with Crippen molar-refractivity contribution in [2.24, 2.45) is 12.8 Å². The average Bonchev–Trinajstić information content (AvgIpc) is 3.58. The number of anilines is 1. The summed E-state index contributed by atoms with van der Waals surface area (Å²) in [4.78, 5) is 32.8. The molecular weight excluding hydrogens is 566 g/mol. The molecule has 3 N–H and O–H groups in total. The van der Waals surface area contributed by atoms with Crippen LogP contribution in [-0.4, -0.2) is 41.2 Å². The van der Waals surface area contributed by atoms with E-state index in [0.29, 0.717) is 33.2 Å². The number of carbonyl (C=O) groups is 2. The van der Waals surface area contributed by atoms with Crippen molar-refractivity contribution in [1.29, 1.82) is 0 Å². The van der Waals surface area contributed by atoms with Crippen molar-refractivity contribution in [1.82, 2.24) is 29.4 Å². The summed E-state index contributed by atoms with van der Waals surface area (Å²) in [5.41, 5.74) is 3.06.